The van der Waals surface area contributed by atoms with Gasteiger partial charge >= 0.3 is 0 Å². The van der Waals surface area contributed by atoms with E-state index < -0.39 is 0 Å². The Kier molecular flexibility index (Phi) is 2.88. The number of aromatic hydroxyl groups is 1. The van der Waals surface area contributed by atoms with E-state index in [0.717, 1.165) is 5.56 Å². The Balaban J connectivity index is 2.03. The number of benzene rings is 2. The zero-order valence-corrected chi connectivity index (χ0v) is 10.6. The lowest BCUT2D eigenvalue weighted by Gasteiger charge is -1.98. The molecule has 0 aliphatic heterocycles. The Morgan fingerprint density at radius 2 is 1.89 bits per heavy atom. The number of hydrogen-bond donors (Lipinski definition) is 1. The molecule has 96 valence electrons. The Labute approximate surface area is 111 Å². The first-order chi connectivity index (χ1) is 9.28. The molecule has 0 bridgehead atoms. The maximum atomic E-state index is 10.2. The number of rotatable bonds is 3. The van der Waals surface area contributed by atoms with Crippen molar-refractivity contribution in [3.05, 3.63) is 59.9 Å². The predicted molar refractivity (Wildman–Crippen MR) is 73.7 cm³/mol. The summed E-state index contributed by atoms with van der Waals surface area (Å²) in [5.74, 6) is 1.47. The monoisotopic (exact) mass is 254 g/mol. The maximum Gasteiger partial charge on any atom is 0.165 e. The van der Waals surface area contributed by atoms with Gasteiger partial charge in [-0.3, -0.25) is 0 Å². The third-order valence-electron chi connectivity index (χ3n) is 3.15. The van der Waals surface area contributed by atoms with E-state index in [1.807, 2.05) is 42.5 Å². The Bertz CT molecular complexity index is 699. The summed E-state index contributed by atoms with van der Waals surface area (Å²) in [6, 6.07) is 15.3. The third kappa shape index (κ3) is 2.15. The lowest BCUT2D eigenvalue weighted by Crippen LogP contribution is -1.84. The van der Waals surface area contributed by atoms with Crippen LogP contribution in [0.5, 0.6) is 11.5 Å². The zero-order chi connectivity index (χ0) is 13.2. The molecule has 0 radical (unpaired) electrons. The van der Waals surface area contributed by atoms with Crippen molar-refractivity contribution in [1.82, 2.24) is 0 Å². The summed E-state index contributed by atoms with van der Waals surface area (Å²) in [6.07, 6.45) is 0.573. The molecule has 3 rings (SSSR count). The molecule has 0 saturated heterocycles. The highest BCUT2D eigenvalue weighted by atomic mass is 16.5. The van der Waals surface area contributed by atoms with Crippen LogP contribution in [0.15, 0.2) is 52.9 Å². The minimum absolute atomic E-state index is 0.192. The molecular weight excluding hydrogens is 240 g/mol. The molecule has 3 aromatic rings. The predicted octanol–water partition coefficient (Wildman–Crippen LogP) is 3.74. The Hall–Kier alpha value is -2.42. The van der Waals surface area contributed by atoms with Crippen LogP contribution in [0.3, 0.4) is 0 Å². The highest BCUT2D eigenvalue weighted by Crippen LogP contribution is 2.35. The lowest BCUT2D eigenvalue weighted by molar-refractivity contribution is 0.415. The smallest absolute Gasteiger partial charge is 0.165 e. The van der Waals surface area contributed by atoms with Gasteiger partial charge in [-0.05, 0) is 23.8 Å². The number of furan rings is 1. The average molecular weight is 254 g/mol. The molecule has 0 amide bonds. The van der Waals surface area contributed by atoms with Crippen molar-refractivity contribution in [3.8, 4) is 11.5 Å². The fourth-order valence-corrected chi connectivity index (χ4v) is 2.14. The number of hydrogen-bond acceptors (Lipinski definition) is 3. The normalized spacial score (nSPS) is 10.8. The van der Waals surface area contributed by atoms with Crippen LogP contribution in [0.4, 0.5) is 0 Å². The van der Waals surface area contributed by atoms with Gasteiger partial charge in [-0.2, -0.15) is 0 Å². The van der Waals surface area contributed by atoms with Gasteiger partial charge in [0.25, 0.3) is 0 Å². The summed E-state index contributed by atoms with van der Waals surface area (Å²) in [6.45, 7) is 0. The van der Waals surface area contributed by atoms with Crippen LogP contribution in [0, 0.1) is 0 Å². The number of methoxy groups -OCH3 is 1. The highest BCUT2D eigenvalue weighted by molar-refractivity contribution is 5.86. The first-order valence-electron chi connectivity index (χ1n) is 6.10. The van der Waals surface area contributed by atoms with Gasteiger partial charge in [-0.15, -0.1) is 0 Å². The van der Waals surface area contributed by atoms with E-state index in [2.05, 4.69) is 0 Å². The van der Waals surface area contributed by atoms with Crippen molar-refractivity contribution >= 4 is 11.0 Å². The summed E-state index contributed by atoms with van der Waals surface area (Å²) in [4.78, 5) is 0. The third-order valence-corrected chi connectivity index (χ3v) is 3.15. The van der Waals surface area contributed by atoms with Gasteiger partial charge in [0.05, 0.1) is 12.5 Å². The van der Waals surface area contributed by atoms with Gasteiger partial charge < -0.3 is 14.3 Å². The Morgan fingerprint density at radius 3 is 2.63 bits per heavy atom. The van der Waals surface area contributed by atoms with Gasteiger partial charge in [0.1, 0.15) is 11.3 Å². The van der Waals surface area contributed by atoms with Crippen LogP contribution in [-0.4, -0.2) is 12.2 Å². The van der Waals surface area contributed by atoms with E-state index in [1.54, 1.807) is 13.2 Å². The van der Waals surface area contributed by atoms with Crippen LogP contribution in [0.1, 0.15) is 11.3 Å². The first-order valence-corrected chi connectivity index (χ1v) is 6.10. The molecule has 0 aliphatic carbocycles. The van der Waals surface area contributed by atoms with Crippen LogP contribution in [-0.2, 0) is 6.42 Å². The maximum absolute atomic E-state index is 10.2. The van der Waals surface area contributed by atoms with Crippen LogP contribution >= 0.6 is 0 Å². The van der Waals surface area contributed by atoms with E-state index in [9.17, 15) is 5.11 Å². The SMILES string of the molecule is COc1ccc2oc(Cc3ccccc3)c(O)c2c1. The number of fused-ring (bicyclic) bond motifs is 1. The van der Waals surface area contributed by atoms with Gasteiger partial charge in [-0.1, -0.05) is 30.3 Å². The molecule has 0 saturated carbocycles. The molecular formula is C16H14O3. The second kappa shape index (κ2) is 4.69. The number of ether oxygens (including phenoxy) is 1. The lowest BCUT2D eigenvalue weighted by atomic mass is 10.1. The zero-order valence-electron chi connectivity index (χ0n) is 10.6. The molecule has 0 fully saturated rings. The fraction of sp³-hybridized carbons (Fsp3) is 0.125. The average Bonchev–Trinajstić information content (AvgIpc) is 2.76. The van der Waals surface area contributed by atoms with Gasteiger partial charge in [0, 0.05) is 6.42 Å². The molecule has 3 nitrogen and oxygen atoms in total. The second-order valence-electron chi connectivity index (χ2n) is 4.40. The van der Waals surface area contributed by atoms with Crippen LogP contribution < -0.4 is 4.74 Å². The molecule has 0 unspecified atom stereocenters. The first kappa shape index (κ1) is 11.7. The highest BCUT2D eigenvalue weighted by Gasteiger charge is 2.14. The summed E-state index contributed by atoms with van der Waals surface area (Å²) in [5.41, 5.74) is 1.77. The standard InChI is InChI=1S/C16H14O3/c1-18-12-7-8-14-13(10-12)16(17)15(19-14)9-11-5-3-2-4-6-11/h2-8,10,17H,9H2,1H3. The van der Waals surface area contributed by atoms with Gasteiger partial charge in [-0.25, -0.2) is 0 Å². The van der Waals surface area contributed by atoms with E-state index >= 15 is 0 Å². The van der Waals surface area contributed by atoms with Crippen molar-refractivity contribution in [2.75, 3.05) is 7.11 Å². The van der Waals surface area contributed by atoms with Gasteiger partial charge in [0.15, 0.2) is 11.5 Å². The molecule has 1 aromatic heterocycles. The minimum Gasteiger partial charge on any atom is -0.504 e. The van der Waals surface area contributed by atoms with Crippen molar-refractivity contribution in [3.63, 3.8) is 0 Å². The van der Waals surface area contributed by atoms with E-state index in [4.69, 9.17) is 9.15 Å². The molecule has 2 aromatic carbocycles. The van der Waals surface area contributed by atoms with E-state index in [0.29, 0.717) is 28.9 Å². The summed E-state index contributed by atoms with van der Waals surface area (Å²) in [5, 5.41) is 10.9. The molecule has 3 heteroatoms. The second-order valence-corrected chi connectivity index (χ2v) is 4.40. The molecule has 0 aliphatic rings. The molecule has 1 N–H and O–H groups in total. The molecule has 19 heavy (non-hydrogen) atoms. The topological polar surface area (TPSA) is 42.6 Å². The van der Waals surface area contributed by atoms with Crippen LogP contribution in [0.2, 0.25) is 0 Å². The quantitative estimate of drug-likeness (QED) is 0.774. The van der Waals surface area contributed by atoms with Gasteiger partial charge in [0.2, 0.25) is 0 Å². The summed E-state index contributed by atoms with van der Waals surface area (Å²) < 4.78 is 10.8. The largest absolute Gasteiger partial charge is 0.504 e. The van der Waals surface area contributed by atoms with Crippen molar-refractivity contribution in [2.24, 2.45) is 0 Å². The van der Waals surface area contributed by atoms with Crippen molar-refractivity contribution < 1.29 is 14.3 Å². The van der Waals surface area contributed by atoms with E-state index in [-0.39, 0.29) is 5.75 Å². The summed E-state index contributed by atoms with van der Waals surface area (Å²) >= 11 is 0. The fourth-order valence-electron chi connectivity index (χ4n) is 2.14. The van der Waals surface area contributed by atoms with Crippen molar-refractivity contribution in [2.45, 2.75) is 6.42 Å². The van der Waals surface area contributed by atoms with Crippen LogP contribution in [0.25, 0.3) is 11.0 Å². The molecule has 1 heterocycles. The van der Waals surface area contributed by atoms with Crippen molar-refractivity contribution in [1.29, 1.82) is 0 Å². The summed E-state index contributed by atoms with van der Waals surface area (Å²) in [7, 11) is 1.60. The Morgan fingerprint density at radius 1 is 1.11 bits per heavy atom. The molecule has 0 spiro atoms. The molecule has 0 atom stereocenters. The van der Waals surface area contributed by atoms with E-state index in [1.165, 1.54) is 0 Å². The minimum atomic E-state index is 0.192.